The number of nitrogens with zero attached hydrogens (tertiary/aromatic N) is 1. The molecule has 2 aliphatic carbocycles. The molecular formula is C60H47N. The van der Waals surface area contributed by atoms with Crippen LogP contribution in [0.15, 0.2) is 212 Å². The molecule has 0 atom stereocenters. The van der Waals surface area contributed by atoms with Gasteiger partial charge in [-0.15, -0.1) is 0 Å². The molecule has 292 valence electrons. The van der Waals surface area contributed by atoms with Gasteiger partial charge >= 0.3 is 0 Å². The fourth-order valence-corrected chi connectivity index (χ4v) is 10.3. The van der Waals surface area contributed by atoms with Gasteiger partial charge in [0, 0.05) is 27.8 Å². The topological polar surface area (TPSA) is 3.24 Å². The Hall–Kier alpha value is -7.22. The van der Waals surface area contributed by atoms with Gasteiger partial charge in [-0.1, -0.05) is 198 Å². The molecule has 0 spiro atoms. The monoisotopic (exact) mass is 781 g/mol. The van der Waals surface area contributed by atoms with Crippen LogP contribution in [0.5, 0.6) is 0 Å². The van der Waals surface area contributed by atoms with E-state index in [4.69, 9.17) is 0 Å². The number of anilines is 3. The SMILES string of the molecule is CC1(C)c2ccccc2-c2ccc(N(c3ccc4c(c3)C(C)(C)c3ccccc3-4)c3cccc(-c4cccc(-c5ccccc5)c4)c3-c3cccc(-c4ccccc4)c3)cc21. The zero-order chi connectivity index (χ0) is 41.3. The minimum atomic E-state index is -0.151. The van der Waals surface area contributed by atoms with Crippen LogP contribution in [0.3, 0.4) is 0 Å². The largest absolute Gasteiger partial charge is 0.310 e. The van der Waals surface area contributed by atoms with Crippen LogP contribution in [-0.4, -0.2) is 0 Å². The molecule has 0 radical (unpaired) electrons. The Morgan fingerprint density at radius 1 is 0.279 bits per heavy atom. The Labute approximate surface area is 360 Å². The van der Waals surface area contributed by atoms with E-state index in [0.717, 1.165) is 17.1 Å². The summed E-state index contributed by atoms with van der Waals surface area (Å²) in [5.41, 5.74) is 23.4. The molecule has 9 aromatic carbocycles. The van der Waals surface area contributed by atoms with Crippen LogP contribution in [0, 0.1) is 0 Å². The molecule has 61 heavy (non-hydrogen) atoms. The third-order valence-electron chi connectivity index (χ3n) is 13.5. The van der Waals surface area contributed by atoms with Gasteiger partial charge in [0.25, 0.3) is 0 Å². The first-order valence-electron chi connectivity index (χ1n) is 21.5. The van der Waals surface area contributed by atoms with E-state index >= 15 is 0 Å². The van der Waals surface area contributed by atoms with Crippen LogP contribution in [0.1, 0.15) is 49.9 Å². The van der Waals surface area contributed by atoms with Gasteiger partial charge in [-0.3, -0.25) is 0 Å². The zero-order valence-corrected chi connectivity index (χ0v) is 35.2. The molecule has 1 heteroatoms. The van der Waals surface area contributed by atoms with Gasteiger partial charge in [0.15, 0.2) is 0 Å². The van der Waals surface area contributed by atoms with E-state index < -0.39 is 0 Å². The maximum absolute atomic E-state index is 2.54. The van der Waals surface area contributed by atoms with Crippen molar-refractivity contribution in [2.24, 2.45) is 0 Å². The first kappa shape index (κ1) is 36.8. The van der Waals surface area contributed by atoms with E-state index in [9.17, 15) is 0 Å². The Bertz CT molecular complexity index is 3030. The van der Waals surface area contributed by atoms with Crippen LogP contribution in [0.4, 0.5) is 17.1 Å². The summed E-state index contributed by atoms with van der Waals surface area (Å²) < 4.78 is 0. The van der Waals surface area contributed by atoms with Gasteiger partial charge in [0.2, 0.25) is 0 Å². The standard InChI is InChI=1S/C60H47N/c1-59(2)53-29-13-11-26-49(53)51-34-32-46(38-55(51)59)61(47-33-35-52-50-27-12-14-30-54(50)60(3,4)56(52)39-47)57-31-17-28-48(44-24-15-22-42(36-44)40-18-7-5-8-19-40)58(57)45-25-16-23-43(37-45)41-20-9-6-10-21-41/h5-39H,1-4H3. The smallest absolute Gasteiger partial charge is 0.0546 e. The highest BCUT2D eigenvalue weighted by Crippen LogP contribution is 2.54. The van der Waals surface area contributed by atoms with Crippen LogP contribution < -0.4 is 4.90 Å². The van der Waals surface area contributed by atoms with Crippen molar-refractivity contribution in [3.63, 3.8) is 0 Å². The summed E-state index contributed by atoms with van der Waals surface area (Å²) in [6.45, 7) is 9.51. The second-order valence-electron chi connectivity index (χ2n) is 17.7. The third kappa shape index (κ3) is 5.99. The summed E-state index contributed by atoms with van der Waals surface area (Å²) in [6, 6.07) is 78.7. The number of benzene rings is 9. The Kier molecular flexibility index (Phi) is 8.58. The van der Waals surface area contributed by atoms with E-state index in [1.54, 1.807) is 0 Å². The normalized spacial score (nSPS) is 13.8. The van der Waals surface area contributed by atoms with E-state index in [0.29, 0.717) is 0 Å². The predicted molar refractivity (Wildman–Crippen MR) is 258 cm³/mol. The number of rotatable bonds is 7. The highest BCUT2D eigenvalue weighted by atomic mass is 15.1. The maximum atomic E-state index is 2.54. The van der Waals surface area contributed by atoms with Gasteiger partial charge in [0.05, 0.1) is 5.69 Å². The van der Waals surface area contributed by atoms with Gasteiger partial charge in [0.1, 0.15) is 0 Å². The molecule has 0 saturated heterocycles. The molecule has 0 unspecified atom stereocenters. The lowest BCUT2D eigenvalue weighted by Crippen LogP contribution is -2.18. The first-order chi connectivity index (χ1) is 29.8. The van der Waals surface area contributed by atoms with Crippen LogP contribution in [0.2, 0.25) is 0 Å². The Balaban J connectivity index is 1.19. The van der Waals surface area contributed by atoms with Crippen molar-refractivity contribution in [2.45, 2.75) is 38.5 Å². The van der Waals surface area contributed by atoms with Crippen LogP contribution in [-0.2, 0) is 10.8 Å². The van der Waals surface area contributed by atoms with Crippen molar-refractivity contribution in [1.29, 1.82) is 0 Å². The molecule has 9 aromatic rings. The van der Waals surface area contributed by atoms with Crippen molar-refractivity contribution < 1.29 is 0 Å². The minimum Gasteiger partial charge on any atom is -0.310 e. The van der Waals surface area contributed by atoms with Crippen molar-refractivity contribution >= 4 is 17.1 Å². The summed E-state index contributed by atoms with van der Waals surface area (Å²) in [6.07, 6.45) is 0. The second-order valence-corrected chi connectivity index (χ2v) is 17.7. The quantitative estimate of drug-likeness (QED) is 0.156. The summed E-state index contributed by atoms with van der Waals surface area (Å²) in [4.78, 5) is 2.54. The third-order valence-corrected chi connectivity index (χ3v) is 13.5. The number of hydrogen-bond acceptors (Lipinski definition) is 1. The van der Waals surface area contributed by atoms with Crippen LogP contribution >= 0.6 is 0 Å². The van der Waals surface area contributed by atoms with Gasteiger partial charge in [-0.25, -0.2) is 0 Å². The molecule has 0 bridgehead atoms. The fraction of sp³-hybridized carbons (Fsp3) is 0.100. The summed E-state index contributed by atoms with van der Waals surface area (Å²) in [5.74, 6) is 0. The fourth-order valence-electron chi connectivity index (χ4n) is 10.3. The second kappa shape index (κ2) is 14.2. The summed E-state index contributed by atoms with van der Waals surface area (Å²) >= 11 is 0. The van der Waals surface area contributed by atoms with Crippen LogP contribution in [0.25, 0.3) is 66.8 Å². The molecule has 0 fully saturated rings. The molecule has 0 aromatic heterocycles. The predicted octanol–water partition coefficient (Wildman–Crippen LogP) is 16.4. The number of hydrogen-bond donors (Lipinski definition) is 0. The molecule has 0 heterocycles. The molecule has 0 amide bonds. The molecule has 11 rings (SSSR count). The molecule has 0 aliphatic heterocycles. The number of fused-ring (bicyclic) bond motifs is 6. The lowest BCUT2D eigenvalue weighted by Gasteiger charge is -2.32. The average molecular weight is 782 g/mol. The Morgan fingerprint density at radius 2 is 0.672 bits per heavy atom. The van der Waals surface area contributed by atoms with E-state index in [2.05, 4.69) is 245 Å². The van der Waals surface area contributed by atoms with Gasteiger partial charge < -0.3 is 4.90 Å². The molecule has 0 N–H and O–H groups in total. The van der Waals surface area contributed by atoms with Crippen molar-refractivity contribution in [3.8, 4) is 66.8 Å². The van der Waals surface area contributed by atoms with Gasteiger partial charge in [-0.05, 0) is 126 Å². The lowest BCUT2D eigenvalue weighted by atomic mass is 9.82. The molecular weight excluding hydrogens is 735 g/mol. The summed E-state index contributed by atoms with van der Waals surface area (Å²) in [7, 11) is 0. The zero-order valence-electron chi connectivity index (χ0n) is 35.2. The van der Waals surface area contributed by atoms with Crippen molar-refractivity contribution in [2.75, 3.05) is 4.90 Å². The van der Waals surface area contributed by atoms with Crippen molar-refractivity contribution in [1.82, 2.24) is 0 Å². The molecule has 1 nitrogen and oxygen atoms in total. The van der Waals surface area contributed by atoms with E-state index in [1.807, 2.05) is 0 Å². The van der Waals surface area contributed by atoms with Crippen molar-refractivity contribution in [3.05, 3.63) is 235 Å². The summed E-state index contributed by atoms with van der Waals surface area (Å²) in [5, 5.41) is 0. The first-order valence-corrected chi connectivity index (χ1v) is 21.5. The van der Waals surface area contributed by atoms with E-state index in [-0.39, 0.29) is 10.8 Å². The Morgan fingerprint density at radius 3 is 1.21 bits per heavy atom. The van der Waals surface area contributed by atoms with Gasteiger partial charge in [-0.2, -0.15) is 0 Å². The molecule has 0 saturated carbocycles. The average Bonchev–Trinajstić information content (AvgIpc) is 3.68. The molecule has 2 aliphatic rings. The minimum absolute atomic E-state index is 0.151. The maximum Gasteiger partial charge on any atom is 0.0546 e. The van der Waals surface area contributed by atoms with E-state index in [1.165, 1.54) is 89.0 Å². The highest BCUT2D eigenvalue weighted by Gasteiger charge is 2.38. The lowest BCUT2D eigenvalue weighted by molar-refractivity contribution is 0.660. The highest BCUT2D eigenvalue weighted by molar-refractivity contribution is 5.99.